The summed E-state index contributed by atoms with van der Waals surface area (Å²) in [5, 5.41) is 0. The van der Waals surface area contributed by atoms with Crippen molar-refractivity contribution in [2.75, 3.05) is 6.54 Å². The summed E-state index contributed by atoms with van der Waals surface area (Å²) >= 11 is 4.86. The molecule has 3 heteroatoms. The first-order chi connectivity index (χ1) is 6.24. The highest BCUT2D eigenvalue weighted by molar-refractivity contribution is 7.80. The zero-order chi connectivity index (χ0) is 9.68. The molecule has 2 nitrogen and oxygen atoms in total. The zero-order valence-electron chi connectivity index (χ0n) is 7.23. The fourth-order valence-electron chi connectivity index (χ4n) is 1.000. The van der Waals surface area contributed by atoms with Crippen LogP contribution in [-0.4, -0.2) is 11.5 Å². The van der Waals surface area contributed by atoms with Gasteiger partial charge in [0.1, 0.15) is 4.99 Å². The first kappa shape index (κ1) is 9.89. The van der Waals surface area contributed by atoms with Crippen LogP contribution in [0.4, 0.5) is 0 Å². The maximum Gasteiger partial charge on any atom is 0.104 e. The lowest BCUT2D eigenvalue weighted by molar-refractivity contribution is 1.26. The van der Waals surface area contributed by atoms with Crippen LogP contribution in [0.25, 0.3) is 6.08 Å². The second-order valence-corrected chi connectivity index (χ2v) is 3.07. The summed E-state index contributed by atoms with van der Waals surface area (Å²) in [7, 11) is 0. The minimum atomic E-state index is 0.419. The summed E-state index contributed by atoms with van der Waals surface area (Å²) in [6.45, 7) is 0.539. The van der Waals surface area contributed by atoms with E-state index in [-0.39, 0.29) is 0 Å². The maximum atomic E-state index is 5.49. The molecule has 0 amide bonds. The van der Waals surface area contributed by atoms with Crippen molar-refractivity contribution in [3.05, 3.63) is 41.5 Å². The molecule has 0 radical (unpaired) electrons. The van der Waals surface area contributed by atoms with E-state index >= 15 is 0 Å². The molecule has 0 bridgehead atoms. The normalized spacial score (nSPS) is 10.5. The Morgan fingerprint density at radius 2 is 2.23 bits per heavy atom. The summed E-state index contributed by atoms with van der Waals surface area (Å²) in [4.78, 5) is 0.419. The van der Waals surface area contributed by atoms with Crippen molar-refractivity contribution >= 4 is 23.3 Å². The molecular formula is C10H12N2S. The van der Waals surface area contributed by atoms with Gasteiger partial charge in [0.2, 0.25) is 0 Å². The van der Waals surface area contributed by atoms with Crippen LogP contribution < -0.4 is 11.5 Å². The van der Waals surface area contributed by atoms with Gasteiger partial charge in [-0.05, 0) is 11.6 Å². The van der Waals surface area contributed by atoms with Gasteiger partial charge in [-0.25, -0.2) is 0 Å². The van der Waals surface area contributed by atoms with Crippen LogP contribution >= 0.6 is 12.2 Å². The van der Waals surface area contributed by atoms with E-state index in [4.69, 9.17) is 23.7 Å². The molecule has 0 unspecified atom stereocenters. The minimum Gasteiger partial charge on any atom is -0.389 e. The molecule has 0 aromatic heterocycles. The largest absolute Gasteiger partial charge is 0.389 e. The number of hydrogen-bond donors (Lipinski definition) is 2. The first-order valence-electron chi connectivity index (χ1n) is 4.00. The van der Waals surface area contributed by atoms with Crippen molar-refractivity contribution in [2.24, 2.45) is 11.5 Å². The third kappa shape index (κ3) is 2.97. The van der Waals surface area contributed by atoms with Crippen LogP contribution in [0.3, 0.4) is 0 Å². The topological polar surface area (TPSA) is 52.0 Å². The second kappa shape index (κ2) is 4.74. The third-order valence-electron chi connectivity index (χ3n) is 1.62. The van der Waals surface area contributed by atoms with Gasteiger partial charge in [-0.2, -0.15) is 0 Å². The first-order valence-corrected chi connectivity index (χ1v) is 4.41. The lowest BCUT2D eigenvalue weighted by Gasteiger charge is -1.98. The molecule has 0 saturated heterocycles. The van der Waals surface area contributed by atoms with Crippen molar-refractivity contribution < 1.29 is 0 Å². The van der Waals surface area contributed by atoms with Crippen LogP contribution in [0.15, 0.2) is 30.3 Å². The number of rotatable bonds is 3. The van der Waals surface area contributed by atoms with Crippen molar-refractivity contribution in [2.45, 2.75) is 0 Å². The van der Waals surface area contributed by atoms with E-state index in [1.54, 1.807) is 0 Å². The molecule has 0 saturated carbocycles. The molecule has 13 heavy (non-hydrogen) atoms. The highest BCUT2D eigenvalue weighted by Crippen LogP contribution is 2.06. The molecule has 68 valence electrons. The lowest BCUT2D eigenvalue weighted by atomic mass is 10.1. The molecule has 0 atom stereocenters. The summed E-state index contributed by atoms with van der Waals surface area (Å²) in [5.41, 5.74) is 12.8. The Hall–Kier alpha value is -1.19. The van der Waals surface area contributed by atoms with Crippen molar-refractivity contribution in [3.8, 4) is 0 Å². The Morgan fingerprint density at radius 3 is 2.85 bits per heavy atom. The van der Waals surface area contributed by atoms with E-state index in [2.05, 4.69) is 0 Å². The van der Waals surface area contributed by atoms with Gasteiger partial charge in [-0.3, -0.25) is 0 Å². The highest BCUT2D eigenvalue weighted by Gasteiger charge is 1.94. The van der Waals surface area contributed by atoms with Crippen LogP contribution in [0, 0.1) is 0 Å². The molecule has 1 rings (SSSR count). The Kier molecular flexibility index (Phi) is 3.61. The average Bonchev–Trinajstić information content (AvgIpc) is 2.15. The number of benzene rings is 1. The molecular weight excluding hydrogens is 180 g/mol. The number of thiocarbonyl (C=S) groups is 1. The van der Waals surface area contributed by atoms with Gasteiger partial charge < -0.3 is 11.5 Å². The SMILES string of the molecule is NCC=Cc1cccc(C(N)=S)c1. The van der Waals surface area contributed by atoms with E-state index < -0.39 is 0 Å². The smallest absolute Gasteiger partial charge is 0.104 e. The van der Waals surface area contributed by atoms with E-state index in [0.717, 1.165) is 11.1 Å². The van der Waals surface area contributed by atoms with E-state index in [1.165, 1.54) is 0 Å². The van der Waals surface area contributed by atoms with Gasteiger partial charge in [0.25, 0.3) is 0 Å². The molecule has 0 heterocycles. The predicted octanol–water partition coefficient (Wildman–Crippen LogP) is 1.29. The Bertz CT molecular complexity index is 331. The van der Waals surface area contributed by atoms with Crippen LogP contribution in [0.1, 0.15) is 11.1 Å². The molecule has 1 aromatic rings. The van der Waals surface area contributed by atoms with Crippen molar-refractivity contribution in [1.29, 1.82) is 0 Å². The summed E-state index contributed by atoms with van der Waals surface area (Å²) in [6, 6.07) is 7.73. The molecule has 1 aromatic carbocycles. The maximum absolute atomic E-state index is 5.49. The second-order valence-electron chi connectivity index (χ2n) is 2.63. The van der Waals surface area contributed by atoms with Crippen molar-refractivity contribution in [1.82, 2.24) is 0 Å². The third-order valence-corrected chi connectivity index (χ3v) is 1.85. The number of hydrogen-bond acceptors (Lipinski definition) is 2. The van der Waals surface area contributed by atoms with Crippen molar-refractivity contribution in [3.63, 3.8) is 0 Å². The molecule has 0 aliphatic heterocycles. The lowest BCUT2D eigenvalue weighted by Crippen LogP contribution is -2.08. The Morgan fingerprint density at radius 1 is 1.46 bits per heavy atom. The number of nitrogens with two attached hydrogens (primary N) is 2. The van der Waals surface area contributed by atoms with E-state index in [0.29, 0.717) is 11.5 Å². The Labute approximate surface area is 83.2 Å². The van der Waals surface area contributed by atoms with Gasteiger partial charge in [0.15, 0.2) is 0 Å². The van der Waals surface area contributed by atoms with Gasteiger partial charge in [0.05, 0.1) is 0 Å². The van der Waals surface area contributed by atoms with Crippen LogP contribution in [0.2, 0.25) is 0 Å². The van der Waals surface area contributed by atoms with Gasteiger partial charge in [-0.1, -0.05) is 42.6 Å². The minimum absolute atomic E-state index is 0.419. The van der Waals surface area contributed by atoms with E-state index in [1.807, 2.05) is 36.4 Å². The van der Waals surface area contributed by atoms with Gasteiger partial charge in [-0.15, -0.1) is 0 Å². The zero-order valence-corrected chi connectivity index (χ0v) is 8.05. The van der Waals surface area contributed by atoms with E-state index in [9.17, 15) is 0 Å². The molecule has 0 spiro atoms. The molecule has 0 aliphatic rings. The average molecular weight is 192 g/mol. The highest BCUT2D eigenvalue weighted by atomic mass is 32.1. The summed E-state index contributed by atoms with van der Waals surface area (Å²) in [5.74, 6) is 0. The molecule has 4 N–H and O–H groups in total. The quantitative estimate of drug-likeness (QED) is 0.710. The Balaban J connectivity index is 2.92. The van der Waals surface area contributed by atoms with Gasteiger partial charge >= 0.3 is 0 Å². The summed E-state index contributed by atoms with van der Waals surface area (Å²) in [6.07, 6.45) is 3.83. The fourth-order valence-corrected chi connectivity index (χ4v) is 1.13. The standard InChI is InChI=1S/C10H12N2S/c11-6-2-4-8-3-1-5-9(7-8)10(12)13/h1-5,7H,6,11H2,(H2,12,13). The fraction of sp³-hybridized carbons (Fsp3) is 0.100. The van der Waals surface area contributed by atoms with Crippen LogP contribution in [-0.2, 0) is 0 Å². The predicted molar refractivity (Wildman–Crippen MR) is 60.4 cm³/mol. The van der Waals surface area contributed by atoms with Crippen LogP contribution in [0.5, 0.6) is 0 Å². The van der Waals surface area contributed by atoms with Gasteiger partial charge in [0, 0.05) is 12.1 Å². The molecule has 0 aliphatic carbocycles. The monoisotopic (exact) mass is 192 g/mol. The molecule has 0 fully saturated rings. The summed E-state index contributed by atoms with van der Waals surface area (Å²) < 4.78 is 0.